The number of aryl methyl sites for hydroxylation is 1. The average molecular weight is 372 g/mol. The van der Waals surface area contributed by atoms with Crippen LogP contribution in [0.3, 0.4) is 0 Å². The Labute approximate surface area is 167 Å². The van der Waals surface area contributed by atoms with Crippen molar-refractivity contribution in [2.75, 3.05) is 0 Å². The molecule has 0 radical (unpaired) electrons. The van der Waals surface area contributed by atoms with Gasteiger partial charge in [-0.2, -0.15) is 4.57 Å². The van der Waals surface area contributed by atoms with Crippen LogP contribution in [0.15, 0.2) is 91.3 Å². The Hall–Kier alpha value is -3.85. The maximum Gasteiger partial charge on any atom is 0.249 e. The fraction of sp³-hybridized carbons (Fsp3) is 0.0385. The molecular formula is C26H18N3+. The molecule has 0 saturated heterocycles. The number of imidazole rings is 1. The molecule has 3 heteroatoms. The molecule has 0 fully saturated rings. The van der Waals surface area contributed by atoms with Gasteiger partial charge >= 0.3 is 0 Å². The third-order valence-corrected chi connectivity index (χ3v) is 6.29. The summed E-state index contributed by atoms with van der Waals surface area (Å²) in [5.41, 5.74) is 7.50. The van der Waals surface area contributed by atoms with Crippen molar-refractivity contribution in [3.05, 3.63) is 91.3 Å². The molecular weight excluding hydrogens is 354 g/mol. The maximum absolute atomic E-state index is 2.42. The van der Waals surface area contributed by atoms with Gasteiger partial charge in [0, 0.05) is 21.5 Å². The van der Waals surface area contributed by atoms with E-state index in [1.165, 1.54) is 54.8 Å². The van der Waals surface area contributed by atoms with E-state index in [4.69, 9.17) is 0 Å². The molecule has 0 N–H and O–H groups in total. The first-order chi connectivity index (χ1) is 14.3. The van der Waals surface area contributed by atoms with E-state index in [1.807, 2.05) is 0 Å². The summed E-state index contributed by atoms with van der Waals surface area (Å²) in [5, 5.41) is 5.27. The lowest BCUT2D eigenvalue weighted by Gasteiger charge is -2.01. The summed E-state index contributed by atoms with van der Waals surface area (Å²) in [4.78, 5) is 0. The summed E-state index contributed by atoms with van der Waals surface area (Å²) in [6.45, 7) is 0. The highest BCUT2D eigenvalue weighted by molar-refractivity contribution is 6.23. The highest BCUT2D eigenvalue weighted by atomic mass is 15.1. The van der Waals surface area contributed by atoms with Gasteiger partial charge in [-0.25, -0.2) is 4.57 Å². The number of rotatable bonds is 1. The van der Waals surface area contributed by atoms with E-state index < -0.39 is 0 Å². The summed E-state index contributed by atoms with van der Waals surface area (Å²) in [7, 11) is 2.10. The van der Waals surface area contributed by atoms with E-state index in [1.54, 1.807) is 0 Å². The summed E-state index contributed by atoms with van der Waals surface area (Å²) >= 11 is 0. The van der Waals surface area contributed by atoms with E-state index in [-0.39, 0.29) is 0 Å². The highest BCUT2D eigenvalue weighted by Gasteiger charge is 2.19. The Kier molecular flexibility index (Phi) is 2.68. The lowest BCUT2D eigenvalue weighted by atomic mass is 10.1. The molecule has 29 heavy (non-hydrogen) atoms. The summed E-state index contributed by atoms with van der Waals surface area (Å²) < 4.78 is 6.88. The monoisotopic (exact) mass is 372 g/mol. The Balaban J connectivity index is 1.63. The summed E-state index contributed by atoms with van der Waals surface area (Å²) in [5.74, 6) is 0. The first-order valence-corrected chi connectivity index (χ1v) is 9.94. The van der Waals surface area contributed by atoms with Crippen LogP contribution in [-0.4, -0.2) is 8.97 Å². The van der Waals surface area contributed by atoms with Crippen molar-refractivity contribution in [3.63, 3.8) is 0 Å². The molecule has 0 aliphatic rings. The predicted molar refractivity (Wildman–Crippen MR) is 119 cm³/mol. The molecule has 3 heterocycles. The van der Waals surface area contributed by atoms with Gasteiger partial charge in [-0.1, -0.05) is 48.5 Å². The van der Waals surface area contributed by atoms with Crippen molar-refractivity contribution >= 4 is 49.1 Å². The van der Waals surface area contributed by atoms with Crippen LogP contribution < -0.4 is 4.57 Å². The third kappa shape index (κ3) is 1.80. The van der Waals surface area contributed by atoms with Gasteiger partial charge in [0.1, 0.15) is 5.69 Å². The molecule has 0 atom stereocenters. The quantitative estimate of drug-likeness (QED) is 0.333. The topological polar surface area (TPSA) is 13.2 Å². The van der Waals surface area contributed by atoms with Crippen LogP contribution in [0.2, 0.25) is 0 Å². The van der Waals surface area contributed by atoms with Gasteiger partial charge in [-0.15, -0.1) is 0 Å². The van der Waals surface area contributed by atoms with E-state index >= 15 is 0 Å². The molecule has 0 amide bonds. The number of hydrogen-bond acceptors (Lipinski definition) is 0. The highest BCUT2D eigenvalue weighted by Crippen LogP contribution is 2.39. The van der Waals surface area contributed by atoms with Gasteiger partial charge in [-0.05, 0) is 36.4 Å². The predicted octanol–water partition coefficient (Wildman–Crippen LogP) is 5.61. The van der Waals surface area contributed by atoms with E-state index in [2.05, 4.69) is 112 Å². The molecule has 0 aliphatic carbocycles. The van der Waals surface area contributed by atoms with Crippen LogP contribution in [0.1, 0.15) is 0 Å². The van der Waals surface area contributed by atoms with E-state index in [9.17, 15) is 0 Å². The number of fused-ring (bicyclic) bond motifs is 7. The van der Waals surface area contributed by atoms with Crippen LogP contribution in [0.4, 0.5) is 0 Å². The van der Waals surface area contributed by atoms with Crippen LogP contribution in [0.25, 0.3) is 54.8 Å². The molecule has 4 aromatic carbocycles. The third-order valence-electron chi connectivity index (χ3n) is 6.29. The minimum atomic E-state index is 1.19. The van der Waals surface area contributed by atoms with Crippen LogP contribution in [0, 0.1) is 0 Å². The number of hydrogen-bond donors (Lipinski definition) is 0. The minimum Gasteiger partial charge on any atom is -0.308 e. The summed E-state index contributed by atoms with van der Waals surface area (Å²) in [6.07, 6.45) is 2.16. The number of nitrogens with zero attached hydrogens (tertiary/aromatic N) is 3. The van der Waals surface area contributed by atoms with Crippen LogP contribution in [-0.2, 0) is 7.05 Å². The van der Waals surface area contributed by atoms with Gasteiger partial charge in [-0.3, -0.25) is 0 Å². The Morgan fingerprint density at radius 1 is 0.621 bits per heavy atom. The average Bonchev–Trinajstić information content (AvgIpc) is 3.40. The van der Waals surface area contributed by atoms with Crippen molar-refractivity contribution in [3.8, 4) is 5.69 Å². The van der Waals surface area contributed by atoms with Crippen LogP contribution in [0.5, 0.6) is 0 Å². The van der Waals surface area contributed by atoms with Gasteiger partial charge in [0.25, 0.3) is 0 Å². The molecule has 0 aliphatic heterocycles. The Morgan fingerprint density at radius 2 is 1.31 bits per heavy atom. The molecule has 7 aromatic rings. The molecule has 0 bridgehead atoms. The van der Waals surface area contributed by atoms with Crippen molar-refractivity contribution < 1.29 is 4.57 Å². The largest absolute Gasteiger partial charge is 0.308 e. The molecule has 0 spiro atoms. The van der Waals surface area contributed by atoms with Crippen molar-refractivity contribution in [1.29, 1.82) is 0 Å². The lowest BCUT2D eigenvalue weighted by Crippen LogP contribution is -2.25. The fourth-order valence-corrected chi connectivity index (χ4v) is 5.04. The van der Waals surface area contributed by atoms with Gasteiger partial charge in [0.05, 0.1) is 23.6 Å². The smallest absolute Gasteiger partial charge is 0.249 e. The zero-order valence-corrected chi connectivity index (χ0v) is 16.0. The van der Waals surface area contributed by atoms with E-state index in [0.29, 0.717) is 0 Å². The molecule has 7 rings (SSSR count). The van der Waals surface area contributed by atoms with E-state index in [0.717, 1.165) is 0 Å². The SMILES string of the molecule is C[n+]1cn(-c2ccc3c(c2)c2cccc4c5ccccc5n3c42)c2ccccc21. The van der Waals surface area contributed by atoms with Gasteiger partial charge in [0.15, 0.2) is 11.0 Å². The van der Waals surface area contributed by atoms with Crippen molar-refractivity contribution in [2.24, 2.45) is 7.05 Å². The molecule has 136 valence electrons. The van der Waals surface area contributed by atoms with Gasteiger partial charge < -0.3 is 4.40 Å². The van der Waals surface area contributed by atoms with Gasteiger partial charge in [0.2, 0.25) is 6.33 Å². The zero-order valence-electron chi connectivity index (χ0n) is 16.0. The molecule has 3 aromatic heterocycles. The Bertz CT molecular complexity index is 1720. The number of para-hydroxylation sites is 4. The first kappa shape index (κ1) is 15.1. The Morgan fingerprint density at radius 3 is 2.21 bits per heavy atom. The second-order valence-corrected chi connectivity index (χ2v) is 7.84. The fourth-order valence-electron chi connectivity index (χ4n) is 5.04. The second kappa shape index (κ2) is 5.15. The normalized spacial score (nSPS) is 12.3. The number of aromatic nitrogens is 3. The summed E-state index contributed by atoms with van der Waals surface area (Å²) in [6, 6.07) is 30.8. The zero-order chi connectivity index (χ0) is 19.1. The molecule has 3 nitrogen and oxygen atoms in total. The first-order valence-electron chi connectivity index (χ1n) is 9.94. The lowest BCUT2D eigenvalue weighted by molar-refractivity contribution is -0.645. The van der Waals surface area contributed by atoms with Crippen molar-refractivity contribution in [2.45, 2.75) is 0 Å². The number of benzene rings is 4. The standard InChI is InChI=1S/C26H18N3/c1-27-16-28(25-12-5-4-11-24(25)27)17-13-14-23-21(15-17)20-9-6-8-19-18-7-2-3-10-22(18)29(23)26(19)20/h2-16H,1H3/q+1. The molecule has 0 saturated carbocycles. The second-order valence-electron chi connectivity index (χ2n) is 7.84. The molecule has 0 unspecified atom stereocenters. The van der Waals surface area contributed by atoms with Crippen molar-refractivity contribution in [1.82, 2.24) is 8.97 Å². The minimum absolute atomic E-state index is 1.19. The maximum atomic E-state index is 2.42. The van der Waals surface area contributed by atoms with Crippen LogP contribution >= 0.6 is 0 Å².